The maximum Gasteiger partial charge on any atom is 0.335 e. The maximum atomic E-state index is 11.1. The molecule has 1 aliphatic heterocycles. The van der Waals surface area contributed by atoms with Crippen LogP contribution in [0.1, 0.15) is 60.0 Å². The summed E-state index contributed by atoms with van der Waals surface area (Å²) in [5.41, 5.74) is 2.60. The monoisotopic (exact) mass is 353 g/mol. The lowest BCUT2D eigenvalue weighted by atomic mass is 9.89. The van der Waals surface area contributed by atoms with Gasteiger partial charge in [0.15, 0.2) is 0 Å². The Labute approximate surface area is 155 Å². The first kappa shape index (κ1) is 18.5. The van der Waals surface area contributed by atoms with Crippen molar-refractivity contribution < 1.29 is 9.90 Å². The zero-order chi connectivity index (χ0) is 18.5. The van der Waals surface area contributed by atoms with Gasteiger partial charge in [-0.25, -0.2) is 14.8 Å². The summed E-state index contributed by atoms with van der Waals surface area (Å²) in [6.45, 7) is 7.23. The lowest BCUT2D eigenvalue weighted by Crippen LogP contribution is -2.34. The fourth-order valence-corrected chi connectivity index (χ4v) is 3.52. The number of carbonyl (C=O) groups is 1. The molecule has 5 heteroatoms. The highest BCUT2D eigenvalue weighted by atomic mass is 16.4. The highest BCUT2D eigenvalue weighted by Gasteiger charge is 2.20. The van der Waals surface area contributed by atoms with Gasteiger partial charge in [0.25, 0.3) is 0 Å². The molecule has 3 rings (SSSR count). The van der Waals surface area contributed by atoms with E-state index < -0.39 is 5.97 Å². The van der Waals surface area contributed by atoms with Crippen molar-refractivity contribution >= 4 is 5.97 Å². The number of likely N-dealkylation sites (tertiary alicyclic amines) is 1. The predicted octanol–water partition coefficient (Wildman–Crippen LogP) is 3.75. The van der Waals surface area contributed by atoms with Crippen molar-refractivity contribution in [2.24, 2.45) is 5.92 Å². The van der Waals surface area contributed by atoms with Crippen LogP contribution < -0.4 is 0 Å². The van der Waals surface area contributed by atoms with Crippen molar-refractivity contribution in [2.75, 3.05) is 13.1 Å². The lowest BCUT2D eigenvalue weighted by Gasteiger charge is -2.31. The Morgan fingerprint density at radius 1 is 1.27 bits per heavy atom. The number of rotatable bonds is 6. The summed E-state index contributed by atoms with van der Waals surface area (Å²) >= 11 is 0. The number of benzene rings is 1. The van der Waals surface area contributed by atoms with Gasteiger partial charge >= 0.3 is 5.97 Å². The number of hydrogen-bond donors (Lipinski definition) is 1. The van der Waals surface area contributed by atoms with E-state index in [-0.39, 0.29) is 0 Å². The maximum absolute atomic E-state index is 11.1. The number of hydrogen-bond acceptors (Lipinski definition) is 4. The Bertz CT molecular complexity index is 752. The highest BCUT2D eigenvalue weighted by molar-refractivity contribution is 5.87. The molecule has 2 aromatic rings. The van der Waals surface area contributed by atoms with Crippen LogP contribution in [-0.4, -0.2) is 39.0 Å². The average molecular weight is 353 g/mol. The quantitative estimate of drug-likeness (QED) is 0.857. The molecule has 26 heavy (non-hydrogen) atoms. The minimum Gasteiger partial charge on any atom is -0.478 e. The van der Waals surface area contributed by atoms with Gasteiger partial charge in [0, 0.05) is 18.7 Å². The van der Waals surface area contributed by atoms with Crippen LogP contribution in [0.5, 0.6) is 0 Å². The van der Waals surface area contributed by atoms with Crippen molar-refractivity contribution in [1.29, 1.82) is 0 Å². The average Bonchev–Trinajstić information content (AvgIpc) is 2.64. The first-order valence-electron chi connectivity index (χ1n) is 9.37. The number of aromatic nitrogens is 2. The number of aromatic carboxylic acids is 1. The second kappa shape index (κ2) is 8.41. The van der Waals surface area contributed by atoms with Crippen molar-refractivity contribution in [1.82, 2.24) is 14.9 Å². The number of piperidine rings is 1. The summed E-state index contributed by atoms with van der Waals surface area (Å²) in [4.78, 5) is 22.6. The van der Waals surface area contributed by atoms with Gasteiger partial charge in [-0.1, -0.05) is 26.0 Å². The van der Waals surface area contributed by atoms with Gasteiger partial charge in [0.1, 0.15) is 5.82 Å². The molecule has 0 saturated carbocycles. The van der Waals surface area contributed by atoms with E-state index >= 15 is 0 Å². The van der Waals surface area contributed by atoms with Crippen molar-refractivity contribution in [3.63, 3.8) is 0 Å². The lowest BCUT2D eigenvalue weighted by molar-refractivity contribution is 0.0696. The summed E-state index contributed by atoms with van der Waals surface area (Å²) in [6, 6.07) is 9.35. The molecule has 0 amide bonds. The minimum atomic E-state index is -0.854. The summed E-state index contributed by atoms with van der Waals surface area (Å²) in [6.07, 6.45) is 5.10. The summed E-state index contributed by atoms with van der Waals surface area (Å²) in [5.74, 6) is 1.03. The molecule has 0 bridgehead atoms. The second-order valence-electron chi connectivity index (χ2n) is 7.49. The van der Waals surface area contributed by atoms with E-state index in [4.69, 9.17) is 5.11 Å². The molecule has 1 aromatic carbocycles. The van der Waals surface area contributed by atoms with E-state index in [2.05, 4.69) is 28.7 Å². The molecule has 0 atom stereocenters. The smallest absolute Gasteiger partial charge is 0.335 e. The third-order valence-corrected chi connectivity index (χ3v) is 5.04. The van der Waals surface area contributed by atoms with E-state index in [1.807, 2.05) is 30.5 Å². The Balaban J connectivity index is 1.52. The van der Waals surface area contributed by atoms with E-state index in [1.54, 1.807) is 6.07 Å². The van der Waals surface area contributed by atoms with Gasteiger partial charge < -0.3 is 5.11 Å². The third-order valence-electron chi connectivity index (χ3n) is 5.04. The van der Waals surface area contributed by atoms with Gasteiger partial charge in [-0.3, -0.25) is 4.90 Å². The summed E-state index contributed by atoms with van der Waals surface area (Å²) in [7, 11) is 0. The van der Waals surface area contributed by atoms with Gasteiger partial charge in [-0.05, 0) is 62.0 Å². The topological polar surface area (TPSA) is 66.3 Å². The third kappa shape index (κ3) is 4.88. The van der Waals surface area contributed by atoms with Gasteiger partial charge in [-0.2, -0.15) is 0 Å². The number of carboxylic acids is 1. The van der Waals surface area contributed by atoms with Gasteiger partial charge in [-0.15, -0.1) is 0 Å². The molecular formula is C21H27N3O2. The molecule has 0 radical (unpaired) electrons. The number of nitrogens with zero attached hydrogens (tertiary/aromatic N) is 3. The molecule has 2 heterocycles. The van der Waals surface area contributed by atoms with E-state index in [1.165, 1.54) is 0 Å². The second-order valence-corrected chi connectivity index (χ2v) is 7.49. The molecule has 0 unspecified atom stereocenters. The van der Waals surface area contributed by atoms with E-state index in [9.17, 15) is 4.79 Å². The fraction of sp³-hybridized carbons (Fsp3) is 0.476. The Morgan fingerprint density at radius 2 is 2.04 bits per heavy atom. The molecular weight excluding hydrogens is 326 g/mol. The Kier molecular flexibility index (Phi) is 5.99. The molecule has 5 nitrogen and oxygen atoms in total. The number of carboxylic acid groups (broad SMARTS) is 1. The molecule has 1 fully saturated rings. The van der Waals surface area contributed by atoms with Crippen LogP contribution in [0.25, 0.3) is 0 Å². The molecule has 1 saturated heterocycles. The van der Waals surface area contributed by atoms with Crippen LogP contribution in [0.15, 0.2) is 36.5 Å². The predicted molar refractivity (Wildman–Crippen MR) is 101 cm³/mol. The Hall–Kier alpha value is -2.27. The molecule has 1 aromatic heterocycles. The first-order chi connectivity index (χ1) is 12.5. The summed E-state index contributed by atoms with van der Waals surface area (Å²) in [5, 5.41) is 9.13. The molecule has 0 aliphatic carbocycles. The van der Waals surface area contributed by atoms with Crippen LogP contribution in [0.2, 0.25) is 0 Å². The fourth-order valence-electron chi connectivity index (χ4n) is 3.52. The molecule has 1 aliphatic rings. The SMILES string of the molecule is CC(C)c1nccc(CN2CCC(Cc3cccc(C(=O)O)c3)CC2)n1. The van der Waals surface area contributed by atoms with Crippen molar-refractivity contribution in [3.05, 3.63) is 59.2 Å². The zero-order valence-electron chi connectivity index (χ0n) is 15.6. The largest absolute Gasteiger partial charge is 0.478 e. The van der Waals surface area contributed by atoms with Crippen LogP contribution in [0.4, 0.5) is 0 Å². The van der Waals surface area contributed by atoms with Crippen molar-refractivity contribution in [2.45, 2.75) is 45.6 Å². The molecule has 1 N–H and O–H groups in total. The van der Waals surface area contributed by atoms with Crippen LogP contribution in [0, 0.1) is 5.92 Å². The van der Waals surface area contributed by atoms with Gasteiger partial charge in [0.05, 0.1) is 11.3 Å². The first-order valence-corrected chi connectivity index (χ1v) is 9.37. The minimum absolute atomic E-state index is 0.349. The van der Waals surface area contributed by atoms with E-state index in [0.29, 0.717) is 17.4 Å². The van der Waals surface area contributed by atoms with Gasteiger partial charge in [0.2, 0.25) is 0 Å². The van der Waals surface area contributed by atoms with Crippen LogP contribution in [0.3, 0.4) is 0 Å². The Morgan fingerprint density at radius 3 is 2.73 bits per heavy atom. The zero-order valence-corrected chi connectivity index (χ0v) is 15.6. The van der Waals surface area contributed by atoms with Crippen LogP contribution in [-0.2, 0) is 13.0 Å². The molecule has 0 spiro atoms. The highest BCUT2D eigenvalue weighted by Crippen LogP contribution is 2.23. The van der Waals surface area contributed by atoms with Crippen LogP contribution >= 0.6 is 0 Å². The van der Waals surface area contributed by atoms with Crippen molar-refractivity contribution in [3.8, 4) is 0 Å². The normalized spacial score (nSPS) is 16.1. The summed E-state index contributed by atoms with van der Waals surface area (Å²) < 4.78 is 0. The molecule has 138 valence electrons. The standard InChI is InChI=1S/C21H27N3O2/c1-15(2)20-22-9-6-19(23-20)14-24-10-7-16(8-11-24)12-17-4-3-5-18(13-17)21(25)26/h3-6,9,13,15-16H,7-8,10-12,14H2,1-2H3,(H,25,26). The van der Waals surface area contributed by atoms with E-state index in [0.717, 1.165) is 56.0 Å².